The minimum Gasteiger partial charge on any atom is -0.374 e. The molecule has 5 nitrogen and oxygen atoms in total. The number of aliphatic imine (C=N–C) groups is 1. The maximum absolute atomic E-state index is 5.90. The molecule has 2 N–H and O–H groups in total. The summed E-state index contributed by atoms with van der Waals surface area (Å²) in [4.78, 5) is 6.50. The van der Waals surface area contributed by atoms with Crippen LogP contribution in [0, 0.1) is 5.41 Å². The molecule has 0 aromatic heterocycles. The first-order valence-corrected chi connectivity index (χ1v) is 9.10. The van der Waals surface area contributed by atoms with Gasteiger partial charge in [-0.3, -0.25) is 4.99 Å². The van der Waals surface area contributed by atoms with Crippen LogP contribution in [0.3, 0.4) is 0 Å². The van der Waals surface area contributed by atoms with Gasteiger partial charge in [0.25, 0.3) is 0 Å². The summed E-state index contributed by atoms with van der Waals surface area (Å²) in [6, 6.07) is 10.3. The summed E-state index contributed by atoms with van der Waals surface area (Å²) in [6.45, 7) is 10.1. The Morgan fingerprint density at radius 3 is 2.42 bits per heavy atom. The highest BCUT2D eigenvalue weighted by Crippen LogP contribution is 2.16. The second-order valence-electron chi connectivity index (χ2n) is 7.53. The number of guanidine groups is 1. The summed E-state index contributed by atoms with van der Waals surface area (Å²) >= 11 is 0. The van der Waals surface area contributed by atoms with E-state index in [9.17, 15) is 0 Å². The van der Waals surface area contributed by atoms with Crippen molar-refractivity contribution >= 4 is 29.9 Å². The molecule has 6 heteroatoms. The maximum atomic E-state index is 5.90. The van der Waals surface area contributed by atoms with Crippen molar-refractivity contribution in [2.75, 3.05) is 47.4 Å². The normalized spacial score (nSPS) is 13.3. The Morgan fingerprint density at radius 1 is 1.19 bits per heavy atom. The summed E-state index contributed by atoms with van der Waals surface area (Å²) in [5.74, 6) is 0.850. The fraction of sp³-hybridized carbons (Fsp3) is 0.650. The largest absolute Gasteiger partial charge is 0.374 e. The van der Waals surface area contributed by atoms with Gasteiger partial charge in [-0.15, -0.1) is 24.0 Å². The van der Waals surface area contributed by atoms with Crippen molar-refractivity contribution in [3.63, 3.8) is 0 Å². The molecule has 150 valence electrons. The predicted molar refractivity (Wildman–Crippen MR) is 123 cm³/mol. The second-order valence-corrected chi connectivity index (χ2v) is 7.53. The van der Waals surface area contributed by atoms with E-state index in [1.165, 1.54) is 5.56 Å². The van der Waals surface area contributed by atoms with Crippen LogP contribution >= 0.6 is 24.0 Å². The Kier molecular flexibility index (Phi) is 12.9. The maximum Gasteiger partial charge on any atom is 0.190 e. The molecule has 0 amide bonds. The first-order valence-electron chi connectivity index (χ1n) is 9.10. The lowest BCUT2D eigenvalue weighted by molar-refractivity contribution is 0.0646. The van der Waals surface area contributed by atoms with Crippen molar-refractivity contribution in [2.45, 2.75) is 33.3 Å². The topological polar surface area (TPSA) is 48.9 Å². The van der Waals surface area contributed by atoms with Crippen LogP contribution < -0.4 is 10.6 Å². The lowest BCUT2D eigenvalue weighted by Gasteiger charge is -2.29. The molecule has 0 saturated heterocycles. The van der Waals surface area contributed by atoms with E-state index in [-0.39, 0.29) is 35.5 Å². The van der Waals surface area contributed by atoms with Crippen molar-refractivity contribution in [2.24, 2.45) is 10.4 Å². The first kappa shape index (κ1) is 25.1. The predicted octanol–water partition coefficient (Wildman–Crippen LogP) is 3.53. The number of halogens is 1. The van der Waals surface area contributed by atoms with E-state index >= 15 is 0 Å². The molecule has 1 aromatic carbocycles. The monoisotopic (exact) mass is 476 g/mol. The third kappa shape index (κ3) is 11.0. The van der Waals surface area contributed by atoms with Gasteiger partial charge in [0.15, 0.2) is 5.96 Å². The highest BCUT2D eigenvalue weighted by Gasteiger charge is 2.19. The second kappa shape index (κ2) is 13.3. The Hall–Kier alpha value is -0.860. The van der Waals surface area contributed by atoms with Gasteiger partial charge in [0.05, 0.1) is 6.10 Å². The van der Waals surface area contributed by atoms with E-state index in [0.717, 1.165) is 38.6 Å². The third-order valence-electron chi connectivity index (χ3n) is 3.95. The highest BCUT2D eigenvalue weighted by atomic mass is 127. The lowest BCUT2D eigenvalue weighted by Crippen LogP contribution is -2.45. The van der Waals surface area contributed by atoms with E-state index in [0.29, 0.717) is 0 Å². The van der Waals surface area contributed by atoms with Crippen molar-refractivity contribution in [3.05, 3.63) is 35.9 Å². The van der Waals surface area contributed by atoms with Crippen LogP contribution in [0.4, 0.5) is 0 Å². The standard InChI is InChI=1S/C20H36N4O.HI/c1-17(18-11-8-7-9-12-18)25-14-10-13-22-19(21-4)23-15-20(2,3)16-24(5)6;/h7-9,11-12,17H,10,13-16H2,1-6H3,(H2,21,22,23);1H. The van der Waals surface area contributed by atoms with Gasteiger partial charge in [-0.1, -0.05) is 44.2 Å². The Bertz CT molecular complexity index is 506. The van der Waals surface area contributed by atoms with Gasteiger partial charge in [0, 0.05) is 33.3 Å². The van der Waals surface area contributed by atoms with Crippen molar-refractivity contribution in [1.29, 1.82) is 0 Å². The molecule has 0 aliphatic carbocycles. The van der Waals surface area contributed by atoms with E-state index in [2.05, 4.69) is 67.5 Å². The molecule has 0 heterocycles. The van der Waals surface area contributed by atoms with Crippen LogP contribution in [-0.4, -0.2) is 58.2 Å². The zero-order chi connectivity index (χ0) is 18.7. The minimum atomic E-state index is 0. The molecular formula is C20H37IN4O. The molecular weight excluding hydrogens is 439 g/mol. The van der Waals surface area contributed by atoms with Gasteiger partial charge in [-0.05, 0) is 38.4 Å². The number of nitrogens with zero attached hydrogens (tertiary/aromatic N) is 2. The highest BCUT2D eigenvalue weighted by molar-refractivity contribution is 14.0. The number of benzene rings is 1. The first-order chi connectivity index (χ1) is 11.8. The van der Waals surface area contributed by atoms with Gasteiger partial charge in [-0.2, -0.15) is 0 Å². The van der Waals surface area contributed by atoms with Crippen molar-refractivity contribution in [1.82, 2.24) is 15.5 Å². The number of ether oxygens (including phenoxy) is 1. The molecule has 0 spiro atoms. The summed E-state index contributed by atoms with van der Waals surface area (Å²) < 4.78 is 5.90. The van der Waals surface area contributed by atoms with Crippen LogP contribution in [0.5, 0.6) is 0 Å². The fourth-order valence-corrected chi connectivity index (χ4v) is 2.81. The summed E-state index contributed by atoms with van der Waals surface area (Å²) in [5, 5.41) is 6.77. The van der Waals surface area contributed by atoms with Crippen LogP contribution in [0.25, 0.3) is 0 Å². The van der Waals surface area contributed by atoms with Gasteiger partial charge in [0.2, 0.25) is 0 Å². The molecule has 0 bridgehead atoms. The van der Waals surface area contributed by atoms with E-state index in [1.54, 1.807) is 0 Å². The number of hydrogen-bond donors (Lipinski definition) is 2. The zero-order valence-electron chi connectivity index (χ0n) is 17.2. The molecule has 1 aromatic rings. The average molecular weight is 476 g/mol. The van der Waals surface area contributed by atoms with E-state index in [1.807, 2.05) is 25.2 Å². The summed E-state index contributed by atoms with van der Waals surface area (Å²) in [6.07, 6.45) is 1.07. The minimum absolute atomic E-state index is 0. The quantitative estimate of drug-likeness (QED) is 0.235. The van der Waals surface area contributed by atoms with Gasteiger partial charge in [0.1, 0.15) is 0 Å². The molecule has 0 fully saturated rings. The molecule has 1 atom stereocenters. The van der Waals surface area contributed by atoms with Crippen molar-refractivity contribution in [3.8, 4) is 0 Å². The van der Waals surface area contributed by atoms with Crippen LogP contribution in [-0.2, 0) is 4.74 Å². The molecule has 0 aliphatic heterocycles. The molecule has 0 saturated carbocycles. The van der Waals surface area contributed by atoms with Crippen LogP contribution in [0.1, 0.15) is 38.9 Å². The van der Waals surface area contributed by atoms with E-state index < -0.39 is 0 Å². The Balaban J connectivity index is 0.00000625. The number of nitrogens with one attached hydrogen (secondary N) is 2. The molecule has 26 heavy (non-hydrogen) atoms. The Morgan fingerprint density at radius 2 is 1.85 bits per heavy atom. The zero-order valence-corrected chi connectivity index (χ0v) is 19.5. The van der Waals surface area contributed by atoms with Crippen LogP contribution in [0.15, 0.2) is 35.3 Å². The van der Waals surface area contributed by atoms with Crippen LogP contribution in [0.2, 0.25) is 0 Å². The number of hydrogen-bond acceptors (Lipinski definition) is 3. The van der Waals surface area contributed by atoms with Gasteiger partial charge < -0.3 is 20.3 Å². The molecule has 0 radical (unpaired) electrons. The Labute approximate surface area is 177 Å². The fourth-order valence-electron chi connectivity index (χ4n) is 2.81. The molecule has 1 rings (SSSR count). The van der Waals surface area contributed by atoms with Crippen molar-refractivity contribution < 1.29 is 4.74 Å². The molecule has 1 unspecified atom stereocenters. The SMILES string of the molecule is CN=C(NCCCOC(C)c1ccccc1)NCC(C)(C)CN(C)C.I. The third-order valence-corrected chi connectivity index (χ3v) is 3.95. The average Bonchev–Trinajstić information content (AvgIpc) is 2.56. The number of rotatable bonds is 10. The summed E-state index contributed by atoms with van der Waals surface area (Å²) in [5.41, 5.74) is 1.41. The lowest BCUT2D eigenvalue weighted by atomic mass is 9.93. The molecule has 0 aliphatic rings. The van der Waals surface area contributed by atoms with Gasteiger partial charge >= 0.3 is 0 Å². The van der Waals surface area contributed by atoms with Gasteiger partial charge in [-0.25, -0.2) is 0 Å². The van der Waals surface area contributed by atoms with E-state index in [4.69, 9.17) is 4.74 Å². The summed E-state index contributed by atoms with van der Waals surface area (Å²) in [7, 11) is 6.01. The smallest absolute Gasteiger partial charge is 0.190 e.